The van der Waals surface area contributed by atoms with Crippen LogP contribution in [0.25, 0.3) is 16.7 Å². The lowest BCUT2D eigenvalue weighted by atomic mass is 9.84. The van der Waals surface area contributed by atoms with Crippen LogP contribution in [0.1, 0.15) is 61.0 Å². The second-order valence-corrected chi connectivity index (χ2v) is 11.4. The molecular weight excluding hydrogens is 538 g/mol. The molecule has 1 saturated heterocycles. The number of fused-ring (bicyclic) bond motifs is 1. The van der Waals surface area contributed by atoms with Crippen molar-refractivity contribution in [3.63, 3.8) is 0 Å². The van der Waals surface area contributed by atoms with E-state index in [9.17, 15) is 19.2 Å². The number of carbonyl (C=O) groups excluding carboxylic acids is 3. The molecule has 2 aromatic heterocycles. The summed E-state index contributed by atoms with van der Waals surface area (Å²) in [4.78, 5) is 63.7. The highest BCUT2D eigenvalue weighted by molar-refractivity contribution is 5.94. The van der Waals surface area contributed by atoms with Crippen LogP contribution in [0.2, 0.25) is 0 Å². The van der Waals surface area contributed by atoms with Gasteiger partial charge in [0.15, 0.2) is 11.2 Å². The Morgan fingerprint density at radius 2 is 1.64 bits per heavy atom. The van der Waals surface area contributed by atoms with Crippen LogP contribution in [-0.4, -0.2) is 75.2 Å². The molecule has 0 radical (unpaired) electrons. The van der Waals surface area contributed by atoms with Gasteiger partial charge in [-0.3, -0.25) is 19.0 Å². The highest BCUT2D eigenvalue weighted by Gasteiger charge is 2.43. The molecule has 0 spiro atoms. The topological polar surface area (TPSA) is 153 Å². The van der Waals surface area contributed by atoms with Gasteiger partial charge in [-0.05, 0) is 75.8 Å². The number of nitrogens with zero attached hydrogens (tertiary/aromatic N) is 5. The molecule has 3 aromatic rings. The second kappa shape index (κ2) is 11.1. The van der Waals surface area contributed by atoms with E-state index >= 15 is 0 Å². The lowest BCUT2D eigenvalue weighted by molar-refractivity contribution is -0.141. The lowest BCUT2D eigenvalue weighted by Gasteiger charge is -2.38. The predicted molar refractivity (Wildman–Crippen MR) is 156 cm³/mol. The molecule has 0 bridgehead atoms. The first-order valence-corrected chi connectivity index (χ1v) is 14.6. The van der Waals surface area contributed by atoms with Crippen molar-refractivity contribution in [2.75, 3.05) is 31.1 Å². The molecule has 0 atom stereocenters. The minimum atomic E-state index is -1.23. The smallest absolute Gasteiger partial charge is 0.410 e. The van der Waals surface area contributed by atoms with E-state index in [-0.39, 0.29) is 17.5 Å². The summed E-state index contributed by atoms with van der Waals surface area (Å²) in [7, 11) is 0. The zero-order valence-electron chi connectivity index (χ0n) is 23.7. The van der Waals surface area contributed by atoms with E-state index in [1.807, 2.05) is 11.8 Å². The fraction of sp³-hybridized carbons (Fsp3) is 0.467. The zero-order chi connectivity index (χ0) is 29.4. The number of amides is 3. The summed E-state index contributed by atoms with van der Waals surface area (Å²) in [6, 6.07) is 10.4. The molecule has 2 aliphatic carbocycles. The van der Waals surface area contributed by atoms with Crippen LogP contribution in [0.4, 0.5) is 10.7 Å². The van der Waals surface area contributed by atoms with Gasteiger partial charge in [-0.15, -0.1) is 0 Å². The third-order valence-corrected chi connectivity index (χ3v) is 8.44. The number of anilines is 1. The molecule has 12 nitrogen and oxygen atoms in total. The summed E-state index contributed by atoms with van der Waals surface area (Å²) < 4.78 is 7.24. The minimum absolute atomic E-state index is 0.124. The molecule has 0 unspecified atom stereocenters. The molecule has 2 saturated carbocycles. The van der Waals surface area contributed by atoms with Gasteiger partial charge in [-0.2, -0.15) is 4.98 Å². The number of aryl methyl sites for hydroxylation is 1. The number of benzene rings is 1. The Morgan fingerprint density at radius 3 is 2.29 bits per heavy atom. The number of carbonyl (C=O) groups is 3. The molecule has 1 aliphatic heterocycles. The highest BCUT2D eigenvalue weighted by atomic mass is 16.6. The van der Waals surface area contributed by atoms with Crippen molar-refractivity contribution >= 4 is 34.9 Å². The van der Waals surface area contributed by atoms with Crippen molar-refractivity contribution in [2.24, 2.45) is 5.73 Å². The molecule has 42 heavy (non-hydrogen) atoms. The van der Waals surface area contributed by atoms with Gasteiger partial charge >= 0.3 is 6.09 Å². The molecular formula is C30H35N7O5. The summed E-state index contributed by atoms with van der Waals surface area (Å²) in [6.07, 6.45) is 4.98. The number of nitrogens with one attached hydrogen (secondary N) is 1. The maximum absolute atomic E-state index is 13.1. The van der Waals surface area contributed by atoms with E-state index in [0.717, 1.165) is 37.5 Å². The first-order valence-electron chi connectivity index (χ1n) is 14.6. The number of nitrogens with two attached hydrogens (primary N) is 1. The number of pyridine rings is 1. The number of primary amides is 1. The van der Waals surface area contributed by atoms with Crippen molar-refractivity contribution in [3.05, 3.63) is 58.0 Å². The zero-order valence-corrected chi connectivity index (χ0v) is 23.7. The second-order valence-electron chi connectivity index (χ2n) is 11.4. The molecule has 1 aromatic carbocycles. The van der Waals surface area contributed by atoms with Gasteiger partial charge in [0.05, 0.1) is 11.4 Å². The van der Waals surface area contributed by atoms with Crippen molar-refractivity contribution in [1.29, 1.82) is 0 Å². The van der Waals surface area contributed by atoms with Crippen LogP contribution in [0.5, 0.6) is 0 Å². The summed E-state index contributed by atoms with van der Waals surface area (Å²) in [6.45, 7) is 3.49. The van der Waals surface area contributed by atoms with E-state index in [2.05, 4.69) is 5.32 Å². The van der Waals surface area contributed by atoms with Gasteiger partial charge in [-0.1, -0.05) is 6.42 Å². The number of aromatic nitrogens is 3. The van der Waals surface area contributed by atoms with Crippen LogP contribution in [0.15, 0.2) is 41.2 Å². The lowest BCUT2D eigenvalue weighted by Crippen LogP contribution is -2.54. The largest absolute Gasteiger partial charge is 0.433 e. The minimum Gasteiger partial charge on any atom is -0.433 e. The molecule has 12 heteroatoms. The summed E-state index contributed by atoms with van der Waals surface area (Å²) in [5.74, 6) is -0.258. The van der Waals surface area contributed by atoms with Gasteiger partial charge in [0, 0.05) is 49.2 Å². The molecule has 3 amide bonds. The number of piperazine rings is 1. The molecule has 3 heterocycles. The predicted octanol–water partition coefficient (Wildman–Crippen LogP) is 2.43. The first kappa shape index (κ1) is 27.7. The Labute approximate surface area is 242 Å². The monoisotopic (exact) mass is 573 g/mol. The summed E-state index contributed by atoms with van der Waals surface area (Å²) in [5.41, 5.74) is 6.47. The van der Waals surface area contributed by atoms with E-state index in [1.165, 1.54) is 10.6 Å². The average Bonchev–Trinajstić information content (AvgIpc) is 3.81. The van der Waals surface area contributed by atoms with Gasteiger partial charge in [0.25, 0.3) is 17.4 Å². The third-order valence-electron chi connectivity index (χ3n) is 8.44. The number of hydrogen-bond donors (Lipinski definition) is 2. The van der Waals surface area contributed by atoms with E-state index in [4.69, 9.17) is 20.4 Å². The maximum Gasteiger partial charge on any atom is 0.410 e. The Morgan fingerprint density at radius 1 is 0.952 bits per heavy atom. The summed E-state index contributed by atoms with van der Waals surface area (Å²) >= 11 is 0. The van der Waals surface area contributed by atoms with E-state index in [0.29, 0.717) is 67.6 Å². The molecule has 3 N–H and O–H groups in total. The SMILES string of the molecule is Cc1nc(N2CCN(C(=O)OC3(C(N)=O)CCCCC3)CC2)nc2c1ccc(=O)n2-c1ccc(C(=O)NC2CC2)cc1. The standard InChI is InChI=1S/C30H35N7O5/c1-19-23-11-12-24(38)37(22-9-5-20(6-10-22)26(39)33-21-7-8-21)25(23)34-28(32-19)35-15-17-36(18-16-35)29(41)42-30(27(31)40)13-3-2-4-14-30/h5-6,9-12,21H,2-4,7-8,13-18H2,1H3,(H2,31,40)(H,33,39). The number of rotatable bonds is 6. The molecule has 6 rings (SSSR count). The third kappa shape index (κ3) is 5.40. The Hall–Kier alpha value is -4.48. The molecule has 220 valence electrons. The van der Waals surface area contributed by atoms with Crippen molar-refractivity contribution < 1.29 is 19.1 Å². The van der Waals surface area contributed by atoms with Gasteiger partial charge in [0.1, 0.15) is 0 Å². The summed E-state index contributed by atoms with van der Waals surface area (Å²) in [5, 5.41) is 3.71. The van der Waals surface area contributed by atoms with Gasteiger partial charge < -0.3 is 25.6 Å². The van der Waals surface area contributed by atoms with Crippen LogP contribution >= 0.6 is 0 Å². The van der Waals surface area contributed by atoms with Crippen LogP contribution in [-0.2, 0) is 9.53 Å². The number of ether oxygens (including phenoxy) is 1. The molecule has 3 aliphatic rings. The van der Waals surface area contributed by atoms with Crippen molar-refractivity contribution in [2.45, 2.75) is 63.5 Å². The van der Waals surface area contributed by atoms with Crippen LogP contribution < -0.4 is 21.5 Å². The maximum atomic E-state index is 13.1. The van der Waals surface area contributed by atoms with Crippen molar-refractivity contribution in [1.82, 2.24) is 24.8 Å². The Bertz CT molecular complexity index is 1580. The van der Waals surface area contributed by atoms with Gasteiger partial charge in [-0.25, -0.2) is 9.78 Å². The quantitative estimate of drug-likeness (QED) is 0.456. The van der Waals surface area contributed by atoms with E-state index in [1.54, 1.807) is 35.2 Å². The normalized spacial score (nSPS) is 18.5. The first-order chi connectivity index (χ1) is 20.2. The van der Waals surface area contributed by atoms with Crippen LogP contribution in [0, 0.1) is 6.92 Å². The van der Waals surface area contributed by atoms with Crippen LogP contribution in [0.3, 0.4) is 0 Å². The fourth-order valence-electron chi connectivity index (χ4n) is 5.74. The van der Waals surface area contributed by atoms with E-state index < -0.39 is 17.6 Å². The Balaban J connectivity index is 1.21. The Kier molecular flexibility index (Phi) is 7.29. The number of hydrogen-bond acceptors (Lipinski definition) is 8. The fourth-order valence-corrected chi connectivity index (χ4v) is 5.74. The van der Waals surface area contributed by atoms with Gasteiger partial charge in [0.2, 0.25) is 5.95 Å². The van der Waals surface area contributed by atoms with Crippen molar-refractivity contribution in [3.8, 4) is 5.69 Å². The molecule has 3 fully saturated rings. The average molecular weight is 574 g/mol. The highest BCUT2D eigenvalue weighted by Crippen LogP contribution is 2.32.